The van der Waals surface area contributed by atoms with E-state index in [-0.39, 0.29) is 0 Å². The molecule has 2 rings (SSSR count). The lowest BCUT2D eigenvalue weighted by atomic mass is 10.2. The fraction of sp³-hybridized carbons (Fsp3) is 0.600. The van der Waals surface area contributed by atoms with Crippen LogP contribution in [0.4, 0.5) is 0 Å². The summed E-state index contributed by atoms with van der Waals surface area (Å²) in [5.74, 6) is 2.13. The topological polar surface area (TPSA) is 39.9 Å². The highest BCUT2D eigenvalue weighted by Crippen LogP contribution is 2.19. The van der Waals surface area contributed by atoms with E-state index in [1.54, 1.807) is 6.20 Å². The number of pyridine rings is 1. The molecule has 0 N–H and O–H groups in total. The molecule has 0 fully saturated rings. The Bertz CT molecular complexity index is 586. The van der Waals surface area contributed by atoms with Crippen molar-refractivity contribution in [3.63, 3.8) is 0 Å². The van der Waals surface area contributed by atoms with Crippen LogP contribution in [0.15, 0.2) is 16.7 Å². The molecule has 0 amide bonds. The Morgan fingerprint density at radius 1 is 1.43 bits per heavy atom. The molecule has 2 aromatic rings. The van der Waals surface area contributed by atoms with Crippen LogP contribution in [-0.2, 0) is 17.7 Å². The highest BCUT2D eigenvalue weighted by atomic mass is 79.9. The Morgan fingerprint density at radius 2 is 2.24 bits per heavy atom. The maximum atomic E-state index is 5.88. The molecule has 0 saturated heterocycles. The van der Waals surface area contributed by atoms with Gasteiger partial charge in [0.15, 0.2) is 5.65 Å². The summed E-state index contributed by atoms with van der Waals surface area (Å²) in [5, 5.41) is 0. The van der Waals surface area contributed by atoms with Gasteiger partial charge in [-0.3, -0.25) is 0 Å². The van der Waals surface area contributed by atoms with Gasteiger partial charge in [0.25, 0.3) is 0 Å². The van der Waals surface area contributed by atoms with Crippen molar-refractivity contribution in [1.29, 1.82) is 0 Å². The average molecular weight is 375 g/mol. The lowest BCUT2D eigenvalue weighted by Crippen LogP contribution is -2.09. The monoisotopic (exact) mass is 373 g/mol. The zero-order valence-corrected chi connectivity index (χ0v) is 14.8. The van der Waals surface area contributed by atoms with Gasteiger partial charge in [0.1, 0.15) is 11.3 Å². The number of ether oxygens (including phenoxy) is 1. The number of halogens is 2. The van der Waals surface area contributed by atoms with Gasteiger partial charge >= 0.3 is 0 Å². The van der Waals surface area contributed by atoms with Crippen LogP contribution in [0.25, 0.3) is 11.2 Å². The van der Waals surface area contributed by atoms with Gasteiger partial charge in [0, 0.05) is 42.7 Å². The van der Waals surface area contributed by atoms with Gasteiger partial charge in [-0.1, -0.05) is 13.8 Å². The Hall–Kier alpha value is -0.650. The van der Waals surface area contributed by atoms with E-state index >= 15 is 0 Å². The van der Waals surface area contributed by atoms with Crippen LogP contribution in [0.2, 0.25) is 0 Å². The molecule has 0 aliphatic rings. The Balaban J connectivity index is 2.07. The fourth-order valence-corrected chi connectivity index (χ4v) is 2.68. The molecule has 0 aliphatic carbocycles. The standard InChI is InChI=1S/C15H21BrClN3O/c1-11(2)10-21-7-3-6-20-14(4-5-17)19-13-8-12(16)9-18-15(13)20/h8-9,11H,3-7,10H2,1-2H3. The number of alkyl halides is 1. The third-order valence-electron chi connectivity index (χ3n) is 3.07. The molecule has 0 radical (unpaired) electrons. The van der Waals surface area contributed by atoms with Gasteiger partial charge in [-0.2, -0.15) is 0 Å². The summed E-state index contributed by atoms with van der Waals surface area (Å²) < 4.78 is 8.73. The molecule has 2 aromatic heterocycles. The van der Waals surface area contributed by atoms with E-state index < -0.39 is 0 Å². The first-order valence-corrected chi connectivity index (χ1v) is 8.59. The third-order valence-corrected chi connectivity index (χ3v) is 3.69. The highest BCUT2D eigenvalue weighted by molar-refractivity contribution is 9.10. The van der Waals surface area contributed by atoms with Gasteiger partial charge in [-0.05, 0) is 34.3 Å². The Morgan fingerprint density at radius 3 is 2.95 bits per heavy atom. The molecule has 2 heterocycles. The van der Waals surface area contributed by atoms with E-state index in [1.165, 1.54) is 0 Å². The second-order valence-electron chi connectivity index (χ2n) is 5.44. The number of nitrogens with zero attached hydrogens (tertiary/aromatic N) is 3. The first kappa shape index (κ1) is 16.7. The zero-order valence-electron chi connectivity index (χ0n) is 12.5. The van der Waals surface area contributed by atoms with Crippen molar-refractivity contribution in [3.05, 3.63) is 22.6 Å². The Kier molecular flexibility index (Phi) is 6.45. The number of hydrogen-bond donors (Lipinski definition) is 0. The van der Waals surface area contributed by atoms with Crippen molar-refractivity contribution in [1.82, 2.24) is 14.5 Å². The van der Waals surface area contributed by atoms with E-state index in [0.29, 0.717) is 11.8 Å². The minimum atomic E-state index is 0.564. The van der Waals surface area contributed by atoms with Gasteiger partial charge in [0.2, 0.25) is 0 Å². The van der Waals surface area contributed by atoms with Crippen molar-refractivity contribution >= 4 is 38.7 Å². The van der Waals surface area contributed by atoms with Gasteiger partial charge in [0.05, 0.1) is 0 Å². The first-order chi connectivity index (χ1) is 10.1. The minimum Gasteiger partial charge on any atom is -0.381 e. The molecule has 0 aromatic carbocycles. The third kappa shape index (κ3) is 4.66. The molecule has 0 atom stereocenters. The smallest absolute Gasteiger partial charge is 0.160 e. The lowest BCUT2D eigenvalue weighted by molar-refractivity contribution is 0.105. The molecule has 0 bridgehead atoms. The molecular weight excluding hydrogens is 354 g/mol. The predicted octanol–water partition coefficient (Wildman–Crippen LogP) is 4.04. The number of aryl methyl sites for hydroxylation is 2. The number of fused-ring (bicyclic) bond motifs is 1. The van der Waals surface area contributed by atoms with Crippen molar-refractivity contribution in [3.8, 4) is 0 Å². The summed E-state index contributed by atoms with van der Waals surface area (Å²) in [5.41, 5.74) is 1.83. The summed E-state index contributed by atoms with van der Waals surface area (Å²) in [6.45, 7) is 6.74. The molecule has 0 spiro atoms. The van der Waals surface area contributed by atoms with Crippen LogP contribution in [0.3, 0.4) is 0 Å². The molecule has 21 heavy (non-hydrogen) atoms. The predicted molar refractivity (Wildman–Crippen MR) is 89.9 cm³/mol. The summed E-state index contributed by atoms with van der Waals surface area (Å²) in [6, 6.07) is 1.99. The molecule has 116 valence electrons. The summed E-state index contributed by atoms with van der Waals surface area (Å²) in [7, 11) is 0. The largest absolute Gasteiger partial charge is 0.381 e. The Labute approximate surface area is 139 Å². The minimum absolute atomic E-state index is 0.564. The second kappa shape index (κ2) is 8.11. The molecule has 0 unspecified atom stereocenters. The van der Waals surface area contributed by atoms with Crippen molar-refractivity contribution in [2.24, 2.45) is 5.92 Å². The van der Waals surface area contributed by atoms with E-state index in [9.17, 15) is 0 Å². The van der Waals surface area contributed by atoms with Gasteiger partial charge < -0.3 is 9.30 Å². The second-order valence-corrected chi connectivity index (χ2v) is 6.73. The fourth-order valence-electron chi connectivity index (χ4n) is 2.19. The maximum Gasteiger partial charge on any atom is 0.160 e. The van der Waals surface area contributed by atoms with Crippen LogP contribution >= 0.6 is 27.5 Å². The van der Waals surface area contributed by atoms with Crippen LogP contribution < -0.4 is 0 Å². The maximum absolute atomic E-state index is 5.88. The SMILES string of the molecule is CC(C)COCCCn1c(CCCl)nc2cc(Br)cnc21. The molecular formula is C15H21BrClN3O. The quantitative estimate of drug-likeness (QED) is 0.517. The summed E-state index contributed by atoms with van der Waals surface area (Å²) in [4.78, 5) is 9.12. The van der Waals surface area contributed by atoms with Crippen LogP contribution in [0.1, 0.15) is 26.1 Å². The lowest BCUT2D eigenvalue weighted by Gasteiger charge is -2.09. The van der Waals surface area contributed by atoms with Crippen LogP contribution in [0.5, 0.6) is 0 Å². The average Bonchev–Trinajstić information content (AvgIpc) is 2.75. The first-order valence-electron chi connectivity index (χ1n) is 7.26. The number of imidazole rings is 1. The highest BCUT2D eigenvalue weighted by Gasteiger charge is 2.11. The van der Waals surface area contributed by atoms with Gasteiger partial charge in [-0.25, -0.2) is 9.97 Å². The van der Waals surface area contributed by atoms with Crippen LogP contribution in [-0.4, -0.2) is 33.6 Å². The van der Waals surface area contributed by atoms with Crippen LogP contribution in [0, 0.1) is 5.92 Å². The molecule has 4 nitrogen and oxygen atoms in total. The van der Waals surface area contributed by atoms with Crippen molar-refractivity contribution in [2.75, 3.05) is 19.1 Å². The van der Waals surface area contributed by atoms with E-state index in [0.717, 1.165) is 54.1 Å². The number of rotatable bonds is 8. The van der Waals surface area contributed by atoms with Crippen molar-refractivity contribution < 1.29 is 4.74 Å². The summed E-state index contributed by atoms with van der Waals surface area (Å²) in [6.07, 6.45) is 3.51. The molecule has 0 saturated carbocycles. The van der Waals surface area contributed by atoms with E-state index in [4.69, 9.17) is 16.3 Å². The number of aromatic nitrogens is 3. The van der Waals surface area contributed by atoms with Crippen molar-refractivity contribution in [2.45, 2.75) is 33.2 Å². The normalized spacial score (nSPS) is 11.7. The van der Waals surface area contributed by atoms with E-state index in [1.807, 2.05) is 6.07 Å². The molecule has 6 heteroatoms. The number of hydrogen-bond acceptors (Lipinski definition) is 3. The van der Waals surface area contributed by atoms with E-state index in [2.05, 4.69) is 44.3 Å². The summed E-state index contributed by atoms with van der Waals surface area (Å²) >= 11 is 9.31. The molecule has 0 aliphatic heterocycles. The zero-order chi connectivity index (χ0) is 15.2. The van der Waals surface area contributed by atoms with Gasteiger partial charge in [-0.15, -0.1) is 11.6 Å².